The van der Waals surface area contributed by atoms with Crippen molar-refractivity contribution in [2.45, 2.75) is 6.92 Å². The van der Waals surface area contributed by atoms with Crippen molar-refractivity contribution in [2.75, 3.05) is 14.2 Å². The van der Waals surface area contributed by atoms with E-state index in [0.29, 0.717) is 16.5 Å². The van der Waals surface area contributed by atoms with E-state index in [9.17, 15) is 4.79 Å². The van der Waals surface area contributed by atoms with Crippen LogP contribution in [0.2, 0.25) is 0 Å². The number of hydrogen-bond acceptors (Lipinski definition) is 8. The average molecular weight is 315 g/mol. The first kappa shape index (κ1) is 14.8. The van der Waals surface area contributed by atoms with E-state index >= 15 is 0 Å². The van der Waals surface area contributed by atoms with Crippen LogP contribution in [0.15, 0.2) is 33.5 Å². The largest absolute Gasteiger partial charge is 0.467 e. The Morgan fingerprint density at radius 1 is 1.00 bits per heavy atom. The zero-order valence-electron chi connectivity index (χ0n) is 12.7. The smallest absolute Gasteiger partial charge is 0.347 e. The van der Waals surface area contributed by atoms with E-state index in [4.69, 9.17) is 18.6 Å². The minimum absolute atomic E-state index is 0.0370. The average Bonchev–Trinajstić information content (AvgIpc) is 2.54. The zero-order valence-corrected chi connectivity index (χ0v) is 12.7. The van der Waals surface area contributed by atoms with Gasteiger partial charge in [-0.25, -0.2) is 4.79 Å². The molecular weight excluding hydrogens is 302 g/mol. The van der Waals surface area contributed by atoms with Gasteiger partial charge in [0, 0.05) is 0 Å². The number of fused-ring (bicyclic) bond motifs is 1. The van der Waals surface area contributed by atoms with Crippen molar-refractivity contribution in [1.82, 2.24) is 15.0 Å². The van der Waals surface area contributed by atoms with Crippen LogP contribution < -0.4 is 19.8 Å². The Bertz CT molecular complexity index is 900. The SMILES string of the molecule is COc1nc(OC)nc(Oc2cccc3cc(C)oc(=O)c23)n1. The van der Waals surface area contributed by atoms with Crippen molar-refractivity contribution in [3.63, 3.8) is 0 Å². The number of ether oxygens (including phenoxy) is 3. The fourth-order valence-corrected chi connectivity index (χ4v) is 2.06. The highest BCUT2D eigenvalue weighted by Gasteiger charge is 2.13. The number of nitrogens with zero attached hydrogens (tertiary/aromatic N) is 3. The van der Waals surface area contributed by atoms with E-state index in [-0.39, 0.29) is 23.8 Å². The second kappa shape index (κ2) is 5.91. The summed E-state index contributed by atoms with van der Waals surface area (Å²) in [6.45, 7) is 1.70. The van der Waals surface area contributed by atoms with Gasteiger partial charge in [0.25, 0.3) is 0 Å². The third-order valence-electron chi connectivity index (χ3n) is 3.02. The van der Waals surface area contributed by atoms with Crippen molar-refractivity contribution in [1.29, 1.82) is 0 Å². The summed E-state index contributed by atoms with van der Waals surface area (Å²) < 4.78 is 20.7. The van der Waals surface area contributed by atoms with E-state index in [1.807, 2.05) is 0 Å². The fourth-order valence-electron chi connectivity index (χ4n) is 2.06. The quantitative estimate of drug-likeness (QED) is 0.722. The molecule has 3 aromatic rings. The standard InChI is InChI=1S/C15H13N3O5/c1-8-7-9-5-4-6-10(11(9)12(19)22-8)23-15-17-13(20-2)16-14(18-15)21-3/h4-7H,1-3H3. The van der Waals surface area contributed by atoms with Crippen LogP contribution in [-0.2, 0) is 0 Å². The lowest BCUT2D eigenvalue weighted by Gasteiger charge is -2.08. The van der Waals surface area contributed by atoms with Gasteiger partial charge in [-0.1, -0.05) is 12.1 Å². The van der Waals surface area contributed by atoms with Gasteiger partial charge in [0.1, 0.15) is 16.9 Å². The monoisotopic (exact) mass is 315 g/mol. The first-order chi connectivity index (χ1) is 11.1. The van der Waals surface area contributed by atoms with Gasteiger partial charge in [-0.2, -0.15) is 0 Å². The molecule has 8 nitrogen and oxygen atoms in total. The molecule has 0 fully saturated rings. The van der Waals surface area contributed by atoms with E-state index in [0.717, 1.165) is 0 Å². The number of aromatic nitrogens is 3. The van der Waals surface area contributed by atoms with E-state index in [1.165, 1.54) is 14.2 Å². The topological polar surface area (TPSA) is 96.6 Å². The Morgan fingerprint density at radius 3 is 2.30 bits per heavy atom. The molecule has 23 heavy (non-hydrogen) atoms. The van der Waals surface area contributed by atoms with Crippen molar-refractivity contribution in [3.05, 3.63) is 40.4 Å². The first-order valence-corrected chi connectivity index (χ1v) is 6.66. The highest BCUT2D eigenvalue weighted by Crippen LogP contribution is 2.27. The van der Waals surface area contributed by atoms with Crippen molar-refractivity contribution >= 4 is 10.8 Å². The summed E-state index contributed by atoms with van der Waals surface area (Å²) in [5.74, 6) is 0.787. The number of benzene rings is 1. The first-order valence-electron chi connectivity index (χ1n) is 6.66. The summed E-state index contributed by atoms with van der Waals surface area (Å²) in [7, 11) is 2.82. The molecular formula is C15H13N3O5. The van der Waals surface area contributed by atoms with Crippen LogP contribution in [0.4, 0.5) is 0 Å². The Kier molecular flexibility index (Phi) is 3.80. The molecule has 8 heteroatoms. The molecule has 118 valence electrons. The van der Waals surface area contributed by atoms with Gasteiger partial charge >= 0.3 is 23.7 Å². The summed E-state index contributed by atoms with van der Waals surface area (Å²) in [4.78, 5) is 23.9. The predicted octanol–water partition coefficient (Wildman–Crippen LogP) is 2.10. The number of rotatable bonds is 4. The predicted molar refractivity (Wildman–Crippen MR) is 80.2 cm³/mol. The molecule has 2 heterocycles. The number of hydrogen-bond donors (Lipinski definition) is 0. The fraction of sp³-hybridized carbons (Fsp3) is 0.200. The molecule has 0 radical (unpaired) electrons. The van der Waals surface area contributed by atoms with Crippen molar-refractivity contribution < 1.29 is 18.6 Å². The highest BCUT2D eigenvalue weighted by molar-refractivity contribution is 5.87. The van der Waals surface area contributed by atoms with Crippen LogP contribution >= 0.6 is 0 Å². The normalized spacial score (nSPS) is 10.6. The summed E-state index contributed by atoms with van der Waals surface area (Å²) in [5.41, 5.74) is -0.497. The third-order valence-corrected chi connectivity index (χ3v) is 3.02. The maximum Gasteiger partial charge on any atom is 0.347 e. The molecule has 1 aromatic carbocycles. The second-order valence-electron chi connectivity index (χ2n) is 4.56. The maximum atomic E-state index is 12.1. The third kappa shape index (κ3) is 2.91. The molecule has 0 aliphatic rings. The maximum absolute atomic E-state index is 12.1. The molecule has 0 bridgehead atoms. The van der Waals surface area contributed by atoms with Crippen molar-refractivity contribution in [3.8, 4) is 23.8 Å². The van der Waals surface area contributed by atoms with Crippen LogP contribution in [0, 0.1) is 6.92 Å². The minimum atomic E-state index is -0.497. The van der Waals surface area contributed by atoms with Gasteiger partial charge in [0.05, 0.1) is 14.2 Å². The van der Waals surface area contributed by atoms with Crippen LogP contribution in [-0.4, -0.2) is 29.2 Å². The lowest BCUT2D eigenvalue weighted by Crippen LogP contribution is -2.05. The summed E-state index contributed by atoms with van der Waals surface area (Å²) in [5, 5.41) is 1.00. The molecule has 0 spiro atoms. The summed E-state index contributed by atoms with van der Waals surface area (Å²) in [6, 6.07) is 6.94. The van der Waals surface area contributed by atoms with Crippen LogP contribution in [0.1, 0.15) is 5.76 Å². The minimum Gasteiger partial charge on any atom is -0.467 e. The Hall–Kier alpha value is -3.16. The lowest BCUT2D eigenvalue weighted by atomic mass is 10.1. The van der Waals surface area contributed by atoms with E-state index in [1.54, 1.807) is 31.2 Å². The van der Waals surface area contributed by atoms with Gasteiger partial charge in [0.2, 0.25) is 0 Å². The van der Waals surface area contributed by atoms with E-state index < -0.39 is 5.63 Å². The van der Waals surface area contributed by atoms with Gasteiger partial charge in [0.15, 0.2) is 0 Å². The van der Waals surface area contributed by atoms with Gasteiger partial charge in [-0.3, -0.25) is 0 Å². The van der Waals surface area contributed by atoms with Crippen LogP contribution in [0.25, 0.3) is 10.8 Å². The lowest BCUT2D eigenvalue weighted by molar-refractivity contribution is 0.321. The molecule has 0 unspecified atom stereocenters. The number of aryl methyl sites for hydroxylation is 1. The van der Waals surface area contributed by atoms with Gasteiger partial charge < -0.3 is 18.6 Å². The summed E-state index contributed by atoms with van der Waals surface area (Å²) in [6.07, 6.45) is 0. The van der Waals surface area contributed by atoms with E-state index in [2.05, 4.69) is 15.0 Å². The number of methoxy groups -OCH3 is 2. The molecule has 2 aromatic heterocycles. The molecule has 3 rings (SSSR count). The van der Waals surface area contributed by atoms with Gasteiger partial charge in [-0.15, -0.1) is 15.0 Å². The Balaban J connectivity index is 2.10. The zero-order chi connectivity index (χ0) is 16.4. The Labute approximate surface area is 130 Å². The molecule has 0 aliphatic carbocycles. The highest BCUT2D eigenvalue weighted by atomic mass is 16.5. The van der Waals surface area contributed by atoms with Crippen molar-refractivity contribution in [2.24, 2.45) is 0 Å². The molecule has 0 saturated heterocycles. The molecule has 0 amide bonds. The molecule has 0 aliphatic heterocycles. The molecule has 0 atom stereocenters. The second-order valence-corrected chi connectivity index (χ2v) is 4.56. The molecule has 0 saturated carbocycles. The van der Waals surface area contributed by atoms with Crippen LogP contribution in [0.5, 0.6) is 23.8 Å². The van der Waals surface area contributed by atoms with Crippen LogP contribution in [0.3, 0.4) is 0 Å². The summed E-state index contributed by atoms with van der Waals surface area (Å²) >= 11 is 0. The van der Waals surface area contributed by atoms with Gasteiger partial charge in [-0.05, 0) is 24.4 Å². The molecule has 0 N–H and O–H groups in total. The Morgan fingerprint density at radius 2 is 1.65 bits per heavy atom.